The van der Waals surface area contributed by atoms with Crippen LogP contribution in [-0.4, -0.2) is 53.1 Å². The van der Waals surface area contributed by atoms with Crippen LogP contribution in [-0.2, 0) is 9.84 Å². The molecule has 22 heavy (non-hydrogen) atoms. The Bertz CT molecular complexity index is 515. The van der Waals surface area contributed by atoms with E-state index >= 15 is 0 Å². The summed E-state index contributed by atoms with van der Waals surface area (Å²) in [7, 11) is -1.09. The van der Waals surface area contributed by atoms with Gasteiger partial charge in [-0.2, -0.15) is 0 Å². The van der Waals surface area contributed by atoms with Gasteiger partial charge < -0.3 is 15.3 Å². The van der Waals surface area contributed by atoms with Gasteiger partial charge in [0.05, 0.1) is 11.5 Å². The molecular formula is C16H28N2O3S. The lowest BCUT2D eigenvalue weighted by atomic mass is 10.2. The maximum atomic E-state index is 11.4. The van der Waals surface area contributed by atoms with E-state index < -0.39 is 9.84 Å². The molecule has 0 atom stereocenters. The SMILES string of the molecule is CN(CCCCCCNCCO)c1ccc(S(C)(=O)=O)cc1. The minimum atomic E-state index is -3.12. The summed E-state index contributed by atoms with van der Waals surface area (Å²) in [5, 5.41) is 11.8. The molecule has 0 spiro atoms. The third-order valence-electron chi connectivity index (χ3n) is 3.59. The van der Waals surface area contributed by atoms with Gasteiger partial charge in [0.1, 0.15) is 0 Å². The average Bonchev–Trinajstić information content (AvgIpc) is 2.49. The van der Waals surface area contributed by atoms with Crippen molar-refractivity contribution in [3.05, 3.63) is 24.3 Å². The van der Waals surface area contributed by atoms with Crippen LogP contribution in [0.3, 0.4) is 0 Å². The first-order chi connectivity index (χ1) is 10.4. The number of sulfone groups is 1. The molecular weight excluding hydrogens is 300 g/mol. The zero-order valence-corrected chi connectivity index (χ0v) is 14.4. The van der Waals surface area contributed by atoms with Crippen LogP contribution in [0.4, 0.5) is 5.69 Å². The van der Waals surface area contributed by atoms with Crippen LogP contribution < -0.4 is 10.2 Å². The fraction of sp³-hybridized carbons (Fsp3) is 0.625. The molecule has 0 saturated heterocycles. The summed E-state index contributed by atoms with van der Waals surface area (Å²) in [6.45, 7) is 2.79. The average molecular weight is 328 g/mol. The van der Waals surface area contributed by atoms with Crippen LogP contribution in [0.2, 0.25) is 0 Å². The van der Waals surface area contributed by atoms with E-state index in [1.807, 2.05) is 19.2 Å². The van der Waals surface area contributed by atoms with Crippen molar-refractivity contribution in [1.82, 2.24) is 5.32 Å². The number of anilines is 1. The summed E-state index contributed by atoms with van der Waals surface area (Å²) in [4.78, 5) is 2.51. The Hall–Kier alpha value is -1.11. The van der Waals surface area contributed by atoms with Gasteiger partial charge in [0, 0.05) is 32.1 Å². The van der Waals surface area contributed by atoms with Gasteiger partial charge in [-0.1, -0.05) is 12.8 Å². The van der Waals surface area contributed by atoms with Crippen LogP contribution in [0, 0.1) is 0 Å². The van der Waals surface area contributed by atoms with Gasteiger partial charge in [-0.05, 0) is 43.7 Å². The second-order valence-corrected chi connectivity index (χ2v) is 7.59. The second-order valence-electron chi connectivity index (χ2n) is 5.58. The van der Waals surface area contributed by atoms with Crippen LogP contribution in [0.1, 0.15) is 25.7 Å². The molecule has 126 valence electrons. The third kappa shape index (κ3) is 7.24. The molecule has 0 aromatic heterocycles. The molecule has 1 rings (SSSR count). The van der Waals surface area contributed by atoms with Crippen LogP contribution >= 0.6 is 0 Å². The minimum absolute atomic E-state index is 0.197. The number of rotatable bonds is 11. The minimum Gasteiger partial charge on any atom is -0.395 e. The van der Waals surface area contributed by atoms with Gasteiger partial charge in [-0.3, -0.25) is 0 Å². The molecule has 0 radical (unpaired) electrons. The quantitative estimate of drug-likeness (QED) is 0.605. The summed E-state index contributed by atoms with van der Waals surface area (Å²) in [6, 6.07) is 7.03. The van der Waals surface area contributed by atoms with Crippen molar-refractivity contribution >= 4 is 15.5 Å². The molecule has 0 aliphatic rings. The van der Waals surface area contributed by atoms with E-state index in [1.165, 1.54) is 19.1 Å². The van der Waals surface area contributed by atoms with Gasteiger partial charge in [0.25, 0.3) is 0 Å². The number of aliphatic hydroxyl groups excluding tert-OH is 1. The van der Waals surface area contributed by atoms with Gasteiger partial charge in [0.2, 0.25) is 0 Å². The maximum Gasteiger partial charge on any atom is 0.175 e. The van der Waals surface area contributed by atoms with Crippen molar-refractivity contribution in [3.8, 4) is 0 Å². The standard InChI is InChI=1S/C16H28N2O3S/c1-18(13-6-4-3-5-11-17-12-14-19)15-7-9-16(10-8-15)22(2,20)21/h7-10,17,19H,3-6,11-14H2,1-2H3. The van der Waals surface area contributed by atoms with E-state index in [0.29, 0.717) is 11.4 Å². The monoisotopic (exact) mass is 328 g/mol. The highest BCUT2D eigenvalue weighted by molar-refractivity contribution is 7.90. The fourth-order valence-electron chi connectivity index (χ4n) is 2.23. The molecule has 1 aromatic carbocycles. The normalized spacial score (nSPS) is 11.6. The van der Waals surface area contributed by atoms with Gasteiger partial charge in [-0.15, -0.1) is 0 Å². The summed E-state index contributed by atoms with van der Waals surface area (Å²) in [6.07, 6.45) is 5.82. The number of unbranched alkanes of at least 4 members (excludes halogenated alkanes) is 3. The molecule has 1 aromatic rings. The Morgan fingerprint density at radius 3 is 2.27 bits per heavy atom. The van der Waals surface area contributed by atoms with E-state index in [2.05, 4.69) is 10.2 Å². The number of hydrogen-bond acceptors (Lipinski definition) is 5. The molecule has 0 amide bonds. The zero-order chi connectivity index (χ0) is 16.4. The predicted octanol–water partition coefficient (Wildman–Crippen LogP) is 1.67. The fourth-order valence-corrected chi connectivity index (χ4v) is 2.86. The second kappa shape index (κ2) is 9.82. The first kappa shape index (κ1) is 18.9. The Labute approximate surface area is 134 Å². The molecule has 0 aliphatic carbocycles. The third-order valence-corrected chi connectivity index (χ3v) is 4.72. The molecule has 0 heterocycles. The highest BCUT2D eigenvalue weighted by Crippen LogP contribution is 2.17. The van der Waals surface area contributed by atoms with Crippen LogP contribution in [0.25, 0.3) is 0 Å². The Morgan fingerprint density at radius 1 is 1.05 bits per heavy atom. The summed E-state index contributed by atoms with van der Waals surface area (Å²) >= 11 is 0. The van der Waals surface area contributed by atoms with Crippen molar-refractivity contribution in [2.75, 3.05) is 44.4 Å². The summed E-state index contributed by atoms with van der Waals surface area (Å²) in [5.74, 6) is 0. The van der Waals surface area contributed by atoms with E-state index in [-0.39, 0.29) is 6.61 Å². The lowest BCUT2D eigenvalue weighted by molar-refractivity contribution is 0.292. The lowest BCUT2D eigenvalue weighted by Crippen LogP contribution is -2.20. The number of hydrogen-bond donors (Lipinski definition) is 2. The predicted molar refractivity (Wildman–Crippen MR) is 91.2 cm³/mol. The van der Waals surface area contributed by atoms with Gasteiger partial charge in [0.15, 0.2) is 9.84 Å². The van der Waals surface area contributed by atoms with Crippen molar-refractivity contribution in [3.63, 3.8) is 0 Å². The molecule has 0 saturated carbocycles. The Balaban J connectivity index is 2.24. The zero-order valence-electron chi connectivity index (χ0n) is 13.6. The topological polar surface area (TPSA) is 69.6 Å². The van der Waals surface area contributed by atoms with E-state index in [0.717, 1.165) is 31.6 Å². The van der Waals surface area contributed by atoms with E-state index in [1.54, 1.807) is 12.1 Å². The molecule has 0 aliphatic heterocycles. The van der Waals surface area contributed by atoms with Crippen molar-refractivity contribution in [1.29, 1.82) is 0 Å². The molecule has 0 bridgehead atoms. The number of nitrogens with zero attached hydrogens (tertiary/aromatic N) is 1. The van der Waals surface area contributed by atoms with Gasteiger partial charge >= 0.3 is 0 Å². The van der Waals surface area contributed by atoms with E-state index in [4.69, 9.17) is 5.11 Å². The smallest absolute Gasteiger partial charge is 0.175 e. The molecule has 6 heteroatoms. The largest absolute Gasteiger partial charge is 0.395 e. The summed E-state index contributed by atoms with van der Waals surface area (Å²) < 4.78 is 22.8. The van der Waals surface area contributed by atoms with Crippen molar-refractivity contribution < 1.29 is 13.5 Å². The highest BCUT2D eigenvalue weighted by Gasteiger charge is 2.07. The maximum absolute atomic E-state index is 11.4. The van der Waals surface area contributed by atoms with Crippen LogP contribution in [0.5, 0.6) is 0 Å². The molecule has 0 unspecified atom stereocenters. The molecule has 2 N–H and O–H groups in total. The summed E-state index contributed by atoms with van der Waals surface area (Å²) in [5.41, 5.74) is 1.04. The van der Waals surface area contributed by atoms with Crippen molar-refractivity contribution in [2.24, 2.45) is 0 Å². The molecule has 5 nitrogen and oxygen atoms in total. The van der Waals surface area contributed by atoms with Crippen LogP contribution in [0.15, 0.2) is 29.2 Å². The number of aliphatic hydroxyl groups is 1. The Kier molecular flexibility index (Phi) is 8.45. The lowest BCUT2D eigenvalue weighted by Gasteiger charge is -2.19. The molecule has 0 fully saturated rings. The Morgan fingerprint density at radius 2 is 1.68 bits per heavy atom. The number of nitrogens with one attached hydrogen (secondary N) is 1. The highest BCUT2D eigenvalue weighted by atomic mass is 32.2. The first-order valence-corrected chi connectivity index (χ1v) is 9.67. The first-order valence-electron chi connectivity index (χ1n) is 7.78. The van der Waals surface area contributed by atoms with Crippen molar-refractivity contribution in [2.45, 2.75) is 30.6 Å². The number of benzene rings is 1. The van der Waals surface area contributed by atoms with Gasteiger partial charge in [-0.25, -0.2) is 8.42 Å². The van der Waals surface area contributed by atoms with E-state index in [9.17, 15) is 8.42 Å².